The van der Waals surface area contributed by atoms with Crippen molar-refractivity contribution in [3.8, 4) is 0 Å². The normalized spacial score (nSPS) is 45.7. The Morgan fingerprint density at radius 2 is 2.00 bits per heavy atom. The van der Waals surface area contributed by atoms with Gasteiger partial charge in [0.1, 0.15) is 6.61 Å². The Morgan fingerprint density at radius 3 is 2.66 bits per heavy atom. The second-order valence-corrected chi connectivity index (χ2v) is 9.75. The van der Waals surface area contributed by atoms with E-state index in [4.69, 9.17) is 4.74 Å². The van der Waals surface area contributed by atoms with Gasteiger partial charge in [-0.1, -0.05) is 25.5 Å². The first-order valence-corrected chi connectivity index (χ1v) is 10.5. The zero-order valence-electron chi connectivity index (χ0n) is 17.3. The van der Waals surface area contributed by atoms with Crippen LogP contribution in [0.25, 0.3) is 0 Å². The molecule has 0 aliphatic heterocycles. The maximum Gasteiger partial charge on any atom is 0.303 e. The second kappa shape index (κ2) is 6.61. The zero-order valence-corrected chi connectivity index (χ0v) is 17.3. The fourth-order valence-corrected chi connectivity index (χ4v) is 7.37. The molecule has 4 aliphatic carbocycles. The van der Waals surface area contributed by atoms with Crippen LogP contribution in [0.4, 0.5) is 0 Å². The van der Waals surface area contributed by atoms with Crippen LogP contribution in [0.2, 0.25) is 0 Å². The Balaban J connectivity index is 1.77. The van der Waals surface area contributed by atoms with E-state index in [9.17, 15) is 24.6 Å². The Labute approximate surface area is 171 Å². The molecule has 0 spiro atoms. The summed E-state index contributed by atoms with van der Waals surface area (Å²) >= 11 is 0. The average Bonchev–Trinajstić information content (AvgIpc) is 2.93. The van der Waals surface area contributed by atoms with Crippen molar-refractivity contribution in [1.82, 2.24) is 0 Å². The van der Waals surface area contributed by atoms with E-state index in [2.05, 4.69) is 6.92 Å². The third-order valence-electron chi connectivity index (χ3n) is 8.53. The number of ether oxygens (including phenoxy) is 1. The summed E-state index contributed by atoms with van der Waals surface area (Å²) in [7, 11) is 0. The topological polar surface area (TPSA) is 101 Å². The lowest BCUT2D eigenvalue weighted by Crippen LogP contribution is -2.62. The number of ketones is 2. The Morgan fingerprint density at radius 1 is 1.28 bits per heavy atom. The molecule has 0 aromatic rings. The molecule has 29 heavy (non-hydrogen) atoms. The molecule has 0 heterocycles. The summed E-state index contributed by atoms with van der Waals surface area (Å²) < 4.78 is 5.67. The maximum atomic E-state index is 12.9. The fourth-order valence-electron chi connectivity index (χ4n) is 7.37. The fraction of sp³-hybridized carbons (Fsp3) is 0.696. The van der Waals surface area contributed by atoms with E-state index in [1.165, 1.54) is 6.92 Å². The highest BCUT2D eigenvalue weighted by Gasteiger charge is 2.70. The van der Waals surface area contributed by atoms with Gasteiger partial charge < -0.3 is 14.9 Å². The minimum absolute atomic E-state index is 0.00523. The lowest BCUT2D eigenvalue weighted by atomic mass is 9.46. The predicted molar refractivity (Wildman–Crippen MR) is 105 cm³/mol. The number of hydrogen-bond donors (Lipinski definition) is 2. The van der Waals surface area contributed by atoms with Crippen LogP contribution in [0.1, 0.15) is 52.9 Å². The minimum Gasteiger partial charge on any atom is -0.451 e. The van der Waals surface area contributed by atoms with Crippen molar-refractivity contribution in [3.05, 3.63) is 23.8 Å². The molecule has 4 rings (SSSR count). The van der Waals surface area contributed by atoms with E-state index in [0.717, 1.165) is 18.4 Å². The van der Waals surface area contributed by atoms with Crippen molar-refractivity contribution in [2.24, 2.45) is 28.6 Å². The van der Waals surface area contributed by atoms with Crippen molar-refractivity contribution in [3.63, 3.8) is 0 Å². The smallest absolute Gasteiger partial charge is 0.303 e. The number of hydrogen-bond acceptors (Lipinski definition) is 6. The average molecular weight is 402 g/mol. The van der Waals surface area contributed by atoms with Crippen LogP contribution in [-0.4, -0.2) is 46.1 Å². The molecule has 4 aliphatic rings. The summed E-state index contributed by atoms with van der Waals surface area (Å²) in [6, 6.07) is 0. The standard InChI is InChI=1S/C23H30O6/c1-13(25)29-23(19(28)12-24)9-7-17-16-5-4-14-10-15(26)6-8-21(14,2)20(16)18(27)11-22(17,23)3/h6,8,10,16-18,20,24,27H,4-5,7,9,11-12H2,1-3H3/t16?,17?,18-,20?,21?,22?,23-/m0/s1. The molecular weight excluding hydrogens is 372 g/mol. The van der Waals surface area contributed by atoms with Gasteiger partial charge in [0.05, 0.1) is 6.10 Å². The van der Waals surface area contributed by atoms with Gasteiger partial charge in [-0.25, -0.2) is 0 Å². The summed E-state index contributed by atoms with van der Waals surface area (Å²) in [5.41, 5.74) is -1.43. The Kier molecular flexibility index (Phi) is 4.67. The molecule has 0 saturated heterocycles. The van der Waals surface area contributed by atoms with Crippen LogP contribution < -0.4 is 0 Å². The summed E-state index contributed by atoms with van der Waals surface area (Å²) in [4.78, 5) is 36.7. The first kappa shape index (κ1) is 20.5. The van der Waals surface area contributed by atoms with E-state index in [1.807, 2.05) is 13.0 Å². The number of fused-ring (bicyclic) bond motifs is 5. The molecule has 2 N–H and O–H groups in total. The molecule has 3 saturated carbocycles. The first-order chi connectivity index (χ1) is 13.6. The van der Waals surface area contributed by atoms with Crippen LogP contribution in [0.15, 0.2) is 23.8 Å². The summed E-state index contributed by atoms with van der Waals surface area (Å²) in [6.07, 6.45) is 7.56. The van der Waals surface area contributed by atoms with Crippen LogP contribution in [0.5, 0.6) is 0 Å². The number of aliphatic hydroxyl groups is 2. The predicted octanol–water partition coefficient (Wildman–Crippen LogP) is 2.13. The highest BCUT2D eigenvalue weighted by Crippen LogP contribution is 2.67. The number of carbonyl (C=O) groups is 3. The van der Waals surface area contributed by atoms with E-state index >= 15 is 0 Å². The van der Waals surface area contributed by atoms with Gasteiger partial charge in [0.15, 0.2) is 11.4 Å². The number of rotatable bonds is 3. The molecule has 0 bridgehead atoms. The number of carbonyl (C=O) groups excluding carboxylic acids is 3. The van der Waals surface area contributed by atoms with Gasteiger partial charge in [-0.05, 0) is 56.1 Å². The van der Waals surface area contributed by atoms with Crippen LogP contribution in [-0.2, 0) is 19.1 Å². The summed E-state index contributed by atoms with van der Waals surface area (Å²) in [6.45, 7) is 4.63. The zero-order chi connectivity index (χ0) is 21.2. The van der Waals surface area contributed by atoms with Gasteiger partial charge in [0.2, 0.25) is 5.78 Å². The molecule has 6 nitrogen and oxygen atoms in total. The van der Waals surface area contributed by atoms with Gasteiger partial charge in [0.25, 0.3) is 0 Å². The monoisotopic (exact) mass is 402 g/mol. The maximum absolute atomic E-state index is 12.9. The molecule has 0 radical (unpaired) electrons. The quantitative estimate of drug-likeness (QED) is 0.702. The molecule has 0 amide bonds. The number of Topliss-reactive ketones (excluding diaryl/α,β-unsaturated/α-hetero) is 1. The molecular formula is C23H30O6. The van der Waals surface area contributed by atoms with Gasteiger partial charge in [0, 0.05) is 23.7 Å². The molecule has 7 atom stereocenters. The van der Waals surface area contributed by atoms with Crippen LogP contribution in [0, 0.1) is 28.6 Å². The van der Waals surface area contributed by atoms with Crippen molar-refractivity contribution in [1.29, 1.82) is 0 Å². The number of allylic oxidation sites excluding steroid dienone is 4. The lowest BCUT2D eigenvalue weighted by Gasteiger charge is -2.59. The van der Waals surface area contributed by atoms with Gasteiger partial charge in [-0.15, -0.1) is 0 Å². The van der Waals surface area contributed by atoms with E-state index in [1.54, 1.807) is 12.2 Å². The van der Waals surface area contributed by atoms with Crippen molar-refractivity contribution in [2.45, 2.75) is 64.6 Å². The van der Waals surface area contributed by atoms with Gasteiger partial charge >= 0.3 is 5.97 Å². The summed E-state index contributed by atoms with van der Waals surface area (Å²) in [5, 5.41) is 21.0. The molecule has 158 valence electrons. The number of esters is 1. The molecule has 0 aromatic carbocycles. The van der Waals surface area contributed by atoms with Crippen molar-refractivity contribution >= 4 is 17.5 Å². The van der Waals surface area contributed by atoms with E-state index in [-0.39, 0.29) is 29.0 Å². The molecule has 3 fully saturated rings. The summed E-state index contributed by atoms with van der Waals surface area (Å²) in [5.74, 6) is -0.839. The van der Waals surface area contributed by atoms with Gasteiger partial charge in [-0.2, -0.15) is 0 Å². The van der Waals surface area contributed by atoms with E-state index in [0.29, 0.717) is 19.3 Å². The second-order valence-electron chi connectivity index (χ2n) is 9.75. The minimum atomic E-state index is -1.39. The SMILES string of the molecule is CC(=O)O[C@]1(C(=O)CO)CCC2C3CCC4=CC(=O)C=CC4(C)C3[C@@H](O)CC21C. The lowest BCUT2D eigenvalue weighted by molar-refractivity contribution is -0.198. The third kappa shape index (κ3) is 2.65. The van der Waals surface area contributed by atoms with Gasteiger partial charge in [-0.3, -0.25) is 14.4 Å². The third-order valence-corrected chi connectivity index (χ3v) is 8.53. The molecule has 0 aromatic heterocycles. The Bertz CT molecular complexity index is 827. The van der Waals surface area contributed by atoms with Crippen molar-refractivity contribution in [2.75, 3.05) is 6.61 Å². The number of aliphatic hydroxyl groups excluding tert-OH is 2. The van der Waals surface area contributed by atoms with E-state index < -0.39 is 35.5 Å². The highest BCUT2D eigenvalue weighted by atomic mass is 16.6. The molecule has 5 unspecified atom stereocenters. The largest absolute Gasteiger partial charge is 0.451 e. The van der Waals surface area contributed by atoms with Crippen LogP contribution >= 0.6 is 0 Å². The van der Waals surface area contributed by atoms with Crippen molar-refractivity contribution < 1.29 is 29.3 Å². The molecule has 6 heteroatoms. The Hall–Kier alpha value is -1.79. The first-order valence-electron chi connectivity index (χ1n) is 10.5. The van der Waals surface area contributed by atoms with Crippen LogP contribution in [0.3, 0.4) is 0 Å². The highest BCUT2D eigenvalue weighted by molar-refractivity contribution is 6.01.